The Balaban J connectivity index is 3.01. The minimum Gasteiger partial charge on any atom is -0.479 e. The minimum absolute atomic E-state index is 0.0723. The predicted molar refractivity (Wildman–Crippen MR) is 55.5 cm³/mol. The van der Waals surface area contributed by atoms with Gasteiger partial charge in [0.05, 0.1) is 11.3 Å². The minimum atomic E-state index is -4.50. The van der Waals surface area contributed by atoms with E-state index in [4.69, 9.17) is 11.5 Å². The number of halogens is 3. The van der Waals surface area contributed by atoms with Crippen LogP contribution in [0.5, 0.6) is 5.75 Å². The molecule has 0 aromatic heterocycles. The summed E-state index contributed by atoms with van der Waals surface area (Å²) >= 11 is 0. The van der Waals surface area contributed by atoms with Crippen LogP contribution in [0, 0.1) is 0 Å². The van der Waals surface area contributed by atoms with E-state index in [1.165, 1.54) is 18.2 Å². The van der Waals surface area contributed by atoms with E-state index >= 15 is 0 Å². The summed E-state index contributed by atoms with van der Waals surface area (Å²) in [6.45, 7) is 0.844. The number of para-hydroxylation sites is 1. The van der Waals surface area contributed by atoms with Gasteiger partial charge in [-0.05, 0) is 19.1 Å². The average molecular weight is 248 g/mol. The van der Waals surface area contributed by atoms with Gasteiger partial charge in [-0.15, -0.1) is 0 Å². The summed E-state index contributed by atoms with van der Waals surface area (Å²) < 4.78 is 41.4. The van der Waals surface area contributed by atoms with Crippen molar-refractivity contribution in [3.05, 3.63) is 23.8 Å². The maximum absolute atomic E-state index is 12.3. The van der Waals surface area contributed by atoms with Gasteiger partial charge in [-0.2, -0.15) is 13.2 Å². The largest absolute Gasteiger partial charge is 0.479 e. The molecule has 1 atom stereocenters. The summed E-state index contributed by atoms with van der Waals surface area (Å²) in [5, 5.41) is 0. The van der Waals surface area contributed by atoms with Gasteiger partial charge in [0, 0.05) is 0 Å². The SMILES string of the molecule is CC(Oc1cccc(C(N)=O)c1N)C(F)(F)F. The van der Waals surface area contributed by atoms with Gasteiger partial charge >= 0.3 is 6.18 Å². The van der Waals surface area contributed by atoms with Crippen LogP contribution in [0.4, 0.5) is 18.9 Å². The van der Waals surface area contributed by atoms with Crippen molar-refractivity contribution in [3.63, 3.8) is 0 Å². The van der Waals surface area contributed by atoms with Crippen molar-refractivity contribution in [2.45, 2.75) is 19.2 Å². The van der Waals surface area contributed by atoms with Gasteiger partial charge in [0.15, 0.2) is 6.10 Å². The Morgan fingerprint density at radius 1 is 1.41 bits per heavy atom. The van der Waals surface area contributed by atoms with Crippen LogP contribution >= 0.6 is 0 Å². The van der Waals surface area contributed by atoms with Crippen LogP contribution in [0.3, 0.4) is 0 Å². The van der Waals surface area contributed by atoms with Crippen molar-refractivity contribution in [1.29, 1.82) is 0 Å². The summed E-state index contributed by atoms with van der Waals surface area (Å²) in [7, 11) is 0. The monoisotopic (exact) mass is 248 g/mol. The molecule has 17 heavy (non-hydrogen) atoms. The molecule has 0 fully saturated rings. The van der Waals surface area contributed by atoms with Crippen LogP contribution in [0.1, 0.15) is 17.3 Å². The molecular formula is C10H11F3N2O2. The summed E-state index contributed by atoms with van der Waals surface area (Å²) in [6, 6.07) is 3.89. The molecule has 0 aliphatic rings. The Bertz CT molecular complexity index is 432. The highest BCUT2D eigenvalue weighted by Gasteiger charge is 2.38. The topological polar surface area (TPSA) is 78.3 Å². The molecule has 4 N–H and O–H groups in total. The number of carbonyl (C=O) groups excluding carboxylic acids is 1. The second kappa shape index (κ2) is 4.52. The number of anilines is 1. The van der Waals surface area contributed by atoms with Gasteiger partial charge in [-0.25, -0.2) is 0 Å². The fourth-order valence-electron chi connectivity index (χ4n) is 1.12. The predicted octanol–water partition coefficient (Wildman–Crippen LogP) is 1.70. The lowest BCUT2D eigenvalue weighted by Gasteiger charge is -2.19. The zero-order valence-corrected chi connectivity index (χ0v) is 8.91. The Morgan fingerprint density at radius 2 is 2.00 bits per heavy atom. The van der Waals surface area contributed by atoms with Crippen LogP contribution in [0.15, 0.2) is 18.2 Å². The molecule has 1 unspecified atom stereocenters. The van der Waals surface area contributed by atoms with Gasteiger partial charge in [-0.3, -0.25) is 4.79 Å². The van der Waals surface area contributed by atoms with Gasteiger partial charge in [0.25, 0.3) is 5.91 Å². The van der Waals surface area contributed by atoms with E-state index in [-0.39, 0.29) is 17.0 Å². The number of hydrogen-bond acceptors (Lipinski definition) is 3. The molecule has 4 nitrogen and oxygen atoms in total. The standard InChI is InChI=1S/C10H11F3N2O2/c1-5(10(11,12)13)17-7-4-2-3-6(8(7)14)9(15)16/h2-5H,14H2,1H3,(H2,15,16). The summed E-state index contributed by atoms with van der Waals surface area (Å²) in [4.78, 5) is 10.9. The molecule has 0 radical (unpaired) electrons. The van der Waals surface area contributed by atoms with E-state index < -0.39 is 18.2 Å². The van der Waals surface area contributed by atoms with Crippen LogP contribution in [0.2, 0.25) is 0 Å². The van der Waals surface area contributed by atoms with Crippen LogP contribution in [-0.4, -0.2) is 18.2 Å². The summed E-state index contributed by atoms with van der Waals surface area (Å²) in [5.74, 6) is -1.04. The van der Waals surface area contributed by atoms with Crippen molar-refractivity contribution in [2.24, 2.45) is 5.73 Å². The molecule has 0 aliphatic heterocycles. The first-order valence-electron chi connectivity index (χ1n) is 4.65. The first-order valence-corrected chi connectivity index (χ1v) is 4.65. The molecule has 0 saturated carbocycles. The normalized spacial score (nSPS) is 13.2. The van der Waals surface area contributed by atoms with E-state index in [0.717, 1.165) is 6.92 Å². The Labute approximate surface area is 95.3 Å². The first-order chi connectivity index (χ1) is 7.73. The number of rotatable bonds is 3. The summed E-state index contributed by atoms with van der Waals surface area (Å²) in [6.07, 6.45) is -6.53. The molecule has 0 saturated heterocycles. The molecular weight excluding hydrogens is 237 g/mol. The number of primary amides is 1. The fraction of sp³-hybridized carbons (Fsp3) is 0.300. The van der Waals surface area contributed by atoms with Crippen molar-refractivity contribution < 1.29 is 22.7 Å². The number of amides is 1. The number of nitrogen functional groups attached to an aromatic ring is 1. The highest BCUT2D eigenvalue weighted by atomic mass is 19.4. The number of alkyl halides is 3. The maximum Gasteiger partial charge on any atom is 0.425 e. The molecule has 0 spiro atoms. The van der Waals surface area contributed by atoms with E-state index in [2.05, 4.69) is 4.74 Å². The number of carbonyl (C=O) groups is 1. The van der Waals surface area contributed by atoms with E-state index in [9.17, 15) is 18.0 Å². The number of hydrogen-bond donors (Lipinski definition) is 2. The van der Waals surface area contributed by atoms with Gasteiger partial charge in [0.2, 0.25) is 0 Å². The molecule has 1 aromatic rings. The van der Waals surface area contributed by atoms with Gasteiger partial charge in [0.1, 0.15) is 5.75 Å². The van der Waals surface area contributed by atoms with Crippen molar-refractivity contribution in [3.8, 4) is 5.75 Å². The fourth-order valence-corrected chi connectivity index (χ4v) is 1.12. The number of benzene rings is 1. The molecule has 0 heterocycles. The van der Waals surface area contributed by atoms with Crippen molar-refractivity contribution >= 4 is 11.6 Å². The smallest absolute Gasteiger partial charge is 0.425 e. The Kier molecular flexibility index (Phi) is 3.50. The van der Waals surface area contributed by atoms with E-state index in [1.54, 1.807) is 0 Å². The van der Waals surface area contributed by atoms with E-state index in [1.807, 2.05) is 0 Å². The lowest BCUT2D eigenvalue weighted by atomic mass is 10.1. The number of nitrogens with two attached hydrogens (primary N) is 2. The third kappa shape index (κ3) is 3.02. The lowest BCUT2D eigenvalue weighted by molar-refractivity contribution is -0.189. The molecule has 1 amide bonds. The third-order valence-electron chi connectivity index (χ3n) is 2.10. The summed E-state index contributed by atoms with van der Waals surface area (Å²) in [5.41, 5.74) is 10.2. The highest BCUT2D eigenvalue weighted by molar-refractivity contribution is 5.99. The number of ether oxygens (including phenoxy) is 1. The van der Waals surface area contributed by atoms with Gasteiger partial charge < -0.3 is 16.2 Å². The van der Waals surface area contributed by atoms with Crippen LogP contribution < -0.4 is 16.2 Å². The Hall–Kier alpha value is -1.92. The van der Waals surface area contributed by atoms with Crippen molar-refractivity contribution in [2.75, 3.05) is 5.73 Å². The highest BCUT2D eigenvalue weighted by Crippen LogP contribution is 2.30. The van der Waals surface area contributed by atoms with Gasteiger partial charge in [-0.1, -0.05) is 6.07 Å². The van der Waals surface area contributed by atoms with Crippen molar-refractivity contribution in [1.82, 2.24) is 0 Å². The van der Waals surface area contributed by atoms with E-state index in [0.29, 0.717) is 0 Å². The van der Waals surface area contributed by atoms with Crippen LogP contribution in [0.25, 0.3) is 0 Å². The zero-order chi connectivity index (χ0) is 13.2. The quantitative estimate of drug-likeness (QED) is 0.799. The van der Waals surface area contributed by atoms with Crippen LogP contribution in [-0.2, 0) is 0 Å². The molecule has 1 aromatic carbocycles. The maximum atomic E-state index is 12.3. The molecule has 7 heteroatoms. The molecule has 94 valence electrons. The Morgan fingerprint density at radius 3 is 2.47 bits per heavy atom. The lowest BCUT2D eigenvalue weighted by Crippen LogP contribution is -2.31. The molecule has 1 rings (SSSR count). The third-order valence-corrected chi connectivity index (χ3v) is 2.10. The molecule has 0 bridgehead atoms. The second-order valence-corrected chi connectivity index (χ2v) is 3.38. The average Bonchev–Trinajstić information content (AvgIpc) is 2.19. The first kappa shape index (κ1) is 13.1. The second-order valence-electron chi connectivity index (χ2n) is 3.38. The zero-order valence-electron chi connectivity index (χ0n) is 8.91. The molecule has 0 aliphatic carbocycles.